The molecular weight excluding hydrogens is 296 g/mol. The number of hydrogen-bond donors (Lipinski definition) is 3. The molecule has 0 bridgehead atoms. The Balaban J connectivity index is 2.45. The lowest BCUT2D eigenvalue weighted by atomic mass is 10.2. The molecule has 1 aromatic carbocycles. The van der Waals surface area contributed by atoms with Crippen molar-refractivity contribution in [3.05, 3.63) is 35.0 Å². The van der Waals surface area contributed by atoms with Gasteiger partial charge in [0.25, 0.3) is 5.91 Å². The summed E-state index contributed by atoms with van der Waals surface area (Å²) in [5.74, 6) is -2.78. The van der Waals surface area contributed by atoms with Gasteiger partial charge in [0.2, 0.25) is 11.8 Å². The summed E-state index contributed by atoms with van der Waals surface area (Å²) in [5, 5.41) is 3.08. The number of rotatable bonds is 4. The van der Waals surface area contributed by atoms with E-state index in [-0.39, 0.29) is 10.7 Å². The molecule has 110 valence electrons. The second-order valence-corrected chi connectivity index (χ2v) is 4.83. The molecule has 1 aromatic heterocycles. The molecule has 3 amide bonds. The quantitative estimate of drug-likeness (QED) is 0.684. The predicted octanol–water partition coefficient (Wildman–Crippen LogP) is -0.0993. The van der Waals surface area contributed by atoms with Crippen molar-refractivity contribution in [1.29, 1.82) is 0 Å². The molecule has 5 N–H and O–H groups in total. The smallest absolute Gasteiger partial charge is 0.270 e. The van der Waals surface area contributed by atoms with Gasteiger partial charge in [-0.3, -0.25) is 14.4 Å². The van der Waals surface area contributed by atoms with Crippen molar-refractivity contribution in [3.63, 3.8) is 0 Å². The first-order valence-electron chi connectivity index (χ1n) is 5.97. The Hall–Kier alpha value is -2.54. The number of aryl methyl sites for hydroxylation is 1. The maximum absolute atomic E-state index is 12.2. The number of carbonyl (C=O) groups is 3. The highest BCUT2D eigenvalue weighted by Crippen LogP contribution is 2.29. The third kappa shape index (κ3) is 2.55. The third-order valence-electron chi connectivity index (χ3n) is 3.10. The van der Waals surface area contributed by atoms with Gasteiger partial charge in [0.05, 0.1) is 5.02 Å². The number of para-hydroxylation sites is 1. The van der Waals surface area contributed by atoms with E-state index < -0.39 is 23.8 Å². The van der Waals surface area contributed by atoms with E-state index in [0.29, 0.717) is 5.39 Å². The standard InChI is InChI=1S/C13H13ClN4O3/c1-18-7-5-3-2-4-6(7)8(14)10(18)13(21)17-9(11(15)19)12(16)20/h2-5,9H,1H3,(H2,15,19)(H2,16,20)(H,17,21). The number of halogens is 1. The van der Waals surface area contributed by atoms with Crippen LogP contribution < -0.4 is 16.8 Å². The number of amides is 3. The van der Waals surface area contributed by atoms with Crippen molar-refractivity contribution < 1.29 is 14.4 Å². The zero-order valence-electron chi connectivity index (χ0n) is 11.1. The number of hydrogen-bond acceptors (Lipinski definition) is 3. The van der Waals surface area contributed by atoms with Crippen LogP contribution in [0.3, 0.4) is 0 Å². The number of benzene rings is 1. The van der Waals surface area contributed by atoms with Gasteiger partial charge < -0.3 is 21.4 Å². The van der Waals surface area contributed by atoms with Crippen molar-refractivity contribution in [1.82, 2.24) is 9.88 Å². The first-order chi connectivity index (χ1) is 9.84. The minimum atomic E-state index is -1.59. The van der Waals surface area contributed by atoms with Crippen molar-refractivity contribution >= 4 is 40.2 Å². The maximum Gasteiger partial charge on any atom is 0.270 e. The molecule has 8 heteroatoms. The molecule has 0 atom stereocenters. The van der Waals surface area contributed by atoms with Gasteiger partial charge in [0.15, 0.2) is 6.04 Å². The lowest BCUT2D eigenvalue weighted by Gasteiger charge is -2.12. The monoisotopic (exact) mass is 308 g/mol. The Kier molecular flexibility index (Phi) is 3.86. The molecule has 1 heterocycles. The van der Waals surface area contributed by atoms with Gasteiger partial charge in [-0.25, -0.2) is 0 Å². The Morgan fingerprint density at radius 1 is 1.19 bits per heavy atom. The highest BCUT2D eigenvalue weighted by Gasteiger charge is 2.27. The second-order valence-electron chi connectivity index (χ2n) is 4.45. The lowest BCUT2D eigenvalue weighted by molar-refractivity contribution is -0.128. The average molecular weight is 309 g/mol. The molecular formula is C13H13ClN4O3. The van der Waals surface area contributed by atoms with E-state index in [0.717, 1.165) is 5.52 Å². The van der Waals surface area contributed by atoms with Crippen LogP contribution in [0.5, 0.6) is 0 Å². The van der Waals surface area contributed by atoms with Crippen LogP contribution in [-0.4, -0.2) is 28.3 Å². The lowest BCUT2D eigenvalue weighted by Crippen LogP contribution is -2.52. The Bertz CT molecular complexity index is 700. The number of fused-ring (bicyclic) bond motifs is 1. The molecule has 7 nitrogen and oxygen atoms in total. The predicted molar refractivity (Wildman–Crippen MR) is 77.6 cm³/mol. The first kappa shape index (κ1) is 14.9. The highest BCUT2D eigenvalue weighted by molar-refractivity contribution is 6.39. The molecule has 0 aliphatic carbocycles. The molecule has 2 aromatic rings. The number of carbonyl (C=O) groups excluding carboxylic acids is 3. The van der Waals surface area contributed by atoms with Gasteiger partial charge in [-0.05, 0) is 6.07 Å². The summed E-state index contributed by atoms with van der Waals surface area (Å²) in [6.45, 7) is 0. The average Bonchev–Trinajstić information content (AvgIpc) is 2.68. The summed E-state index contributed by atoms with van der Waals surface area (Å²) in [7, 11) is 1.65. The third-order valence-corrected chi connectivity index (χ3v) is 3.49. The van der Waals surface area contributed by atoms with Gasteiger partial charge in [0, 0.05) is 18.0 Å². The number of aromatic nitrogens is 1. The molecule has 0 spiro atoms. The van der Waals surface area contributed by atoms with Crippen molar-refractivity contribution in [2.75, 3.05) is 0 Å². The van der Waals surface area contributed by atoms with Gasteiger partial charge in [-0.2, -0.15) is 0 Å². The Morgan fingerprint density at radius 3 is 2.29 bits per heavy atom. The van der Waals surface area contributed by atoms with Crippen LogP contribution in [0.2, 0.25) is 5.02 Å². The van der Waals surface area contributed by atoms with Gasteiger partial charge >= 0.3 is 0 Å². The number of nitrogens with one attached hydrogen (secondary N) is 1. The number of nitrogens with zero attached hydrogens (tertiary/aromatic N) is 1. The number of primary amides is 2. The molecule has 0 unspecified atom stereocenters. The van der Waals surface area contributed by atoms with E-state index in [9.17, 15) is 14.4 Å². The molecule has 0 radical (unpaired) electrons. The Labute approximate surface area is 124 Å². The van der Waals surface area contributed by atoms with Crippen LogP contribution in [-0.2, 0) is 16.6 Å². The molecule has 21 heavy (non-hydrogen) atoms. The van der Waals surface area contributed by atoms with Crippen LogP contribution in [0.15, 0.2) is 24.3 Å². The summed E-state index contributed by atoms with van der Waals surface area (Å²) in [4.78, 5) is 34.5. The van der Waals surface area contributed by atoms with Crippen LogP contribution in [0.4, 0.5) is 0 Å². The molecule has 0 saturated carbocycles. The van der Waals surface area contributed by atoms with E-state index in [1.807, 2.05) is 0 Å². The zero-order chi connectivity index (χ0) is 15.7. The topological polar surface area (TPSA) is 120 Å². The largest absolute Gasteiger partial charge is 0.367 e. The highest BCUT2D eigenvalue weighted by atomic mass is 35.5. The van der Waals surface area contributed by atoms with Crippen LogP contribution in [0.25, 0.3) is 10.9 Å². The van der Waals surface area contributed by atoms with Crippen LogP contribution >= 0.6 is 11.6 Å². The summed E-state index contributed by atoms with van der Waals surface area (Å²) in [5.41, 5.74) is 10.9. The molecule has 2 rings (SSSR count). The summed E-state index contributed by atoms with van der Waals surface area (Å²) >= 11 is 6.19. The van der Waals surface area contributed by atoms with E-state index >= 15 is 0 Å². The summed E-state index contributed by atoms with van der Waals surface area (Å²) in [6, 6.07) is 5.54. The number of nitrogens with two attached hydrogens (primary N) is 2. The van der Waals surface area contributed by atoms with Crippen molar-refractivity contribution in [2.24, 2.45) is 18.5 Å². The van der Waals surface area contributed by atoms with E-state index in [1.54, 1.807) is 35.9 Å². The van der Waals surface area contributed by atoms with Crippen molar-refractivity contribution in [3.8, 4) is 0 Å². The maximum atomic E-state index is 12.2. The SMILES string of the molecule is Cn1c(C(=O)NC(C(N)=O)C(N)=O)c(Cl)c2ccccc21. The van der Waals surface area contributed by atoms with Gasteiger partial charge in [-0.15, -0.1) is 0 Å². The normalized spacial score (nSPS) is 10.8. The van der Waals surface area contributed by atoms with Gasteiger partial charge in [0.1, 0.15) is 5.69 Å². The Morgan fingerprint density at radius 2 is 1.76 bits per heavy atom. The van der Waals surface area contributed by atoms with E-state index in [1.165, 1.54) is 0 Å². The molecule has 0 aliphatic heterocycles. The molecule has 0 saturated heterocycles. The molecule has 0 aliphatic rings. The van der Waals surface area contributed by atoms with E-state index in [4.69, 9.17) is 23.1 Å². The fourth-order valence-electron chi connectivity index (χ4n) is 2.08. The van der Waals surface area contributed by atoms with E-state index in [2.05, 4.69) is 5.32 Å². The summed E-state index contributed by atoms with van der Waals surface area (Å²) < 4.78 is 1.56. The zero-order valence-corrected chi connectivity index (χ0v) is 11.8. The summed E-state index contributed by atoms with van der Waals surface area (Å²) in [6.07, 6.45) is 0. The second kappa shape index (κ2) is 5.45. The van der Waals surface area contributed by atoms with Crippen LogP contribution in [0, 0.1) is 0 Å². The molecule has 0 fully saturated rings. The first-order valence-corrected chi connectivity index (χ1v) is 6.34. The minimum Gasteiger partial charge on any atom is -0.367 e. The minimum absolute atomic E-state index is 0.116. The van der Waals surface area contributed by atoms with Crippen molar-refractivity contribution in [2.45, 2.75) is 6.04 Å². The van der Waals surface area contributed by atoms with Gasteiger partial charge in [-0.1, -0.05) is 29.8 Å². The fourth-order valence-corrected chi connectivity index (χ4v) is 2.45. The fraction of sp³-hybridized carbons (Fsp3) is 0.154. The van der Waals surface area contributed by atoms with Crippen LogP contribution in [0.1, 0.15) is 10.5 Å².